The van der Waals surface area contributed by atoms with E-state index >= 15 is 0 Å². The van der Waals surface area contributed by atoms with E-state index in [1.165, 1.54) is 12.1 Å². The second kappa shape index (κ2) is 5.37. The van der Waals surface area contributed by atoms with Crippen molar-refractivity contribution in [1.82, 2.24) is 0 Å². The Balaban J connectivity index is 2.77. The summed E-state index contributed by atoms with van der Waals surface area (Å²) in [6.07, 6.45) is 1.02. The first-order valence-corrected chi connectivity index (χ1v) is 7.01. The molecule has 6 heteroatoms. The average Bonchev–Trinajstić information content (AvgIpc) is 2.18. The SMILES string of the molecule is CC(C)CCNc1ccc(S(N)(=O)=O)cc1N. The molecule has 0 amide bonds. The summed E-state index contributed by atoms with van der Waals surface area (Å²) in [5.74, 6) is 0.604. The Hall–Kier alpha value is -1.27. The van der Waals surface area contributed by atoms with Crippen LogP contribution in [0, 0.1) is 5.92 Å². The van der Waals surface area contributed by atoms with E-state index in [2.05, 4.69) is 19.2 Å². The standard InChI is InChI=1S/C11H19N3O2S/c1-8(2)5-6-14-11-4-3-9(7-10(11)12)17(13,15)16/h3-4,7-8,14H,5-6,12H2,1-2H3,(H2,13,15,16). The van der Waals surface area contributed by atoms with Crippen LogP contribution < -0.4 is 16.2 Å². The Morgan fingerprint density at radius 1 is 1.35 bits per heavy atom. The van der Waals surface area contributed by atoms with Crippen LogP contribution in [0.3, 0.4) is 0 Å². The number of sulfonamides is 1. The quantitative estimate of drug-likeness (QED) is 0.694. The van der Waals surface area contributed by atoms with Crippen LogP contribution in [0.15, 0.2) is 23.1 Å². The third kappa shape index (κ3) is 4.24. The molecule has 1 rings (SSSR count). The molecule has 0 fully saturated rings. The van der Waals surface area contributed by atoms with E-state index in [4.69, 9.17) is 10.9 Å². The maximum atomic E-state index is 11.1. The van der Waals surface area contributed by atoms with Crippen LogP contribution in [-0.2, 0) is 10.0 Å². The van der Waals surface area contributed by atoms with Gasteiger partial charge >= 0.3 is 0 Å². The van der Waals surface area contributed by atoms with Crippen molar-refractivity contribution >= 4 is 21.4 Å². The van der Waals surface area contributed by atoms with Crippen LogP contribution in [0.5, 0.6) is 0 Å². The number of nitrogens with two attached hydrogens (primary N) is 2. The molecule has 0 aliphatic rings. The molecule has 5 N–H and O–H groups in total. The third-order valence-corrected chi connectivity index (χ3v) is 3.30. The highest BCUT2D eigenvalue weighted by molar-refractivity contribution is 7.89. The third-order valence-electron chi connectivity index (χ3n) is 2.39. The Morgan fingerprint density at radius 3 is 2.47 bits per heavy atom. The predicted molar refractivity (Wildman–Crippen MR) is 70.2 cm³/mol. The average molecular weight is 257 g/mol. The molecule has 0 saturated carbocycles. The minimum atomic E-state index is -3.68. The summed E-state index contributed by atoms with van der Waals surface area (Å²) in [5.41, 5.74) is 6.88. The Kier molecular flexibility index (Phi) is 4.36. The van der Waals surface area contributed by atoms with Crippen LogP contribution in [0.4, 0.5) is 11.4 Å². The van der Waals surface area contributed by atoms with Gasteiger partial charge in [0, 0.05) is 6.54 Å². The Bertz CT molecular complexity index is 483. The van der Waals surface area contributed by atoms with Gasteiger partial charge in [-0.2, -0.15) is 0 Å². The molecule has 17 heavy (non-hydrogen) atoms. The lowest BCUT2D eigenvalue weighted by atomic mass is 10.1. The van der Waals surface area contributed by atoms with Gasteiger partial charge in [-0.05, 0) is 30.5 Å². The topological polar surface area (TPSA) is 98.2 Å². The molecule has 96 valence electrons. The Labute approximate surface area is 102 Å². The maximum absolute atomic E-state index is 11.1. The van der Waals surface area contributed by atoms with E-state index < -0.39 is 10.0 Å². The Morgan fingerprint density at radius 2 is 2.00 bits per heavy atom. The number of nitrogen functional groups attached to an aromatic ring is 1. The van der Waals surface area contributed by atoms with Crippen molar-refractivity contribution in [2.24, 2.45) is 11.1 Å². The summed E-state index contributed by atoms with van der Waals surface area (Å²) >= 11 is 0. The molecule has 0 aliphatic heterocycles. The first-order chi connectivity index (χ1) is 7.80. The second-order valence-electron chi connectivity index (χ2n) is 4.40. The lowest BCUT2D eigenvalue weighted by Gasteiger charge is -2.11. The van der Waals surface area contributed by atoms with Crippen molar-refractivity contribution in [3.63, 3.8) is 0 Å². The van der Waals surface area contributed by atoms with Gasteiger partial charge in [-0.25, -0.2) is 13.6 Å². The number of hydrogen-bond acceptors (Lipinski definition) is 4. The molecule has 0 unspecified atom stereocenters. The van der Waals surface area contributed by atoms with E-state index in [1.807, 2.05) is 0 Å². The number of benzene rings is 1. The van der Waals surface area contributed by atoms with Gasteiger partial charge in [0.25, 0.3) is 0 Å². The molecule has 0 bridgehead atoms. The van der Waals surface area contributed by atoms with Gasteiger partial charge in [0.1, 0.15) is 0 Å². The zero-order chi connectivity index (χ0) is 13.1. The highest BCUT2D eigenvalue weighted by atomic mass is 32.2. The molecule has 0 aromatic heterocycles. The normalized spacial score (nSPS) is 11.8. The van der Waals surface area contributed by atoms with E-state index in [0.29, 0.717) is 11.6 Å². The van der Waals surface area contributed by atoms with Crippen LogP contribution in [0.2, 0.25) is 0 Å². The van der Waals surface area contributed by atoms with Crippen molar-refractivity contribution in [3.05, 3.63) is 18.2 Å². The minimum absolute atomic E-state index is 0.0319. The molecule has 0 aliphatic carbocycles. The van der Waals surface area contributed by atoms with E-state index in [1.54, 1.807) is 6.07 Å². The highest BCUT2D eigenvalue weighted by Gasteiger charge is 2.09. The number of rotatable bonds is 5. The fraction of sp³-hybridized carbons (Fsp3) is 0.455. The van der Waals surface area contributed by atoms with Gasteiger partial charge < -0.3 is 11.1 Å². The summed E-state index contributed by atoms with van der Waals surface area (Å²) in [5, 5.41) is 8.17. The maximum Gasteiger partial charge on any atom is 0.238 e. The van der Waals surface area contributed by atoms with Crippen LogP contribution >= 0.6 is 0 Å². The predicted octanol–water partition coefficient (Wildman–Crippen LogP) is 1.37. The van der Waals surface area contributed by atoms with Crippen molar-refractivity contribution in [1.29, 1.82) is 0 Å². The molecule has 5 nitrogen and oxygen atoms in total. The lowest BCUT2D eigenvalue weighted by molar-refractivity contribution is 0.598. The number of hydrogen-bond donors (Lipinski definition) is 3. The highest BCUT2D eigenvalue weighted by Crippen LogP contribution is 2.22. The number of anilines is 2. The minimum Gasteiger partial charge on any atom is -0.397 e. The first kappa shape index (κ1) is 13.8. The zero-order valence-electron chi connectivity index (χ0n) is 10.1. The molecule has 0 radical (unpaired) electrons. The smallest absolute Gasteiger partial charge is 0.238 e. The molecular formula is C11H19N3O2S. The summed E-state index contributed by atoms with van der Waals surface area (Å²) in [6, 6.07) is 4.45. The molecule has 0 spiro atoms. The zero-order valence-corrected chi connectivity index (χ0v) is 10.9. The molecule has 0 atom stereocenters. The fourth-order valence-electron chi connectivity index (χ4n) is 1.37. The first-order valence-electron chi connectivity index (χ1n) is 5.47. The van der Waals surface area contributed by atoms with Gasteiger partial charge in [0.2, 0.25) is 10.0 Å². The van der Waals surface area contributed by atoms with E-state index in [-0.39, 0.29) is 4.90 Å². The monoisotopic (exact) mass is 257 g/mol. The largest absolute Gasteiger partial charge is 0.397 e. The number of primary sulfonamides is 1. The van der Waals surface area contributed by atoms with E-state index in [0.717, 1.165) is 18.7 Å². The molecule has 1 aromatic rings. The van der Waals surface area contributed by atoms with E-state index in [9.17, 15) is 8.42 Å². The lowest BCUT2D eigenvalue weighted by Crippen LogP contribution is -2.13. The van der Waals surface area contributed by atoms with Gasteiger partial charge in [-0.3, -0.25) is 0 Å². The molecule has 1 aromatic carbocycles. The summed E-state index contributed by atoms with van der Waals surface area (Å²) in [4.78, 5) is 0.0319. The molecule has 0 heterocycles. The molecule has 0 saturated heterocycles. The second-order valence-corrected chi connectivity index (χ2v) is 5.96. The molecular weight excluding hydrogens is 238 g/mol. The van der Waals surface area contributed by atoms with Crippen LogP contribution in [0.1, 0.15) is 20.3 Å². The summed E-state index contributed by atoms with van der Waals surface area (Å²) in [6.45, 7) is 5.07. The van der Waals surface area contributed by atoms with Crippen molar-refractivity contribution in [2.45, 2.75) is 25.2 Å². The van der Waals surface area contributed by atoms with Crippen molar-refractivity contribution in [2.75, 3.05) is 17.6 Å². The van der Waals surface area contributed by atoms with Crippen LogP contribution in [0.25, 0.3) is 0 Å². The van der Waals surface area contributed by atoms with Crippen LogP contribution in [-0.4, -0.2) is 15.0 Å². The van der Waals surface area contributed by atoms with Crippen molar-refractivity contribution < 1.29 is 8.42 Å². The fourth-order valence-corrected chi connectivity index (χ4v) is 1.92. The van der Waals surface area contributed by atoms with Crippen molar-refractivity contribution in [3.8, 4) is 0 Å². The number of nitrogens with one attached hydrogen (secondary N) is 1. The van der Waals surface area contributed by atoms with Gasteiger partial charge in [-0.15, -0.1) is 0 Å². The van der Waals surface area contributed by atoms with Gasteiger partial charge in [-0.1, -0.05) is 13.8 Å². The summed E-state index contributed by atoms with van der Waals surface area (Å²) < 4.78 is 22.2. The van der Waals surface area contributed by atoms with Gasteiger partial charge in [0.05, 0.1) is 16.3 Å². The van der Waals surface area contributed by atoms with Gasteiger partial charge in [0.15, 0.2) is 0 Å². The summed E-state index contributed by atoms with van der Waals surface area (Å²) in [7, 11) is -3.68.